The Morgan fingerprint density at radius 2 is 1.65 bits per heavy atom. The number of allylic oxidation sites excluding steroid dienone is 3. The van der Waals surface area contributed by atoms with Crippen molar-refractivity contribution >= 4 is 4.29 Å². The topological polar surface area (TPSA) is 4.93 Å². The molecule has 0 fully saturated rings. The molecule has 0 spiro atoms. The average Bonchev–Trinajstić information content (AvgIpc) is 2.41. The zero-order chi connectivity index (χ0) is 13.2. The van der Waals surface area contributed by atoms with Gasteiger partial charge in [0.25, 0.3) is 0 Å². The van der Waals surface area contributed by atoms with Gasteiger partial charge in [-0.2, -0.15) is 0 Å². The van der Waals surface area contributed by atoms with E-state index in [0.29, 0.717) is 0 Å². The summed E-state index contributed by atoms with van der Waals surface area (Å²) < 4.78 is 6.28. The summed E-state index contributed by atoms with van der Waals surface area (Å²) in [5, 5.41) is 0. The third-order valence-electron chi connectivity index (χ3n) is 3.02. The van der Waals surface area contributed by atoms with E-state index in [2.05, 4.69) is 63.9 Å². The molecule has 0 saturated heterocycles. The van der Waals surface area contributed by atoms with Crippen LogP contribution in [0.25, 0.3) is 0 Å². The Morgan fingerprint density at radius 3 is 2.06 bits per heavy atom. The Hall–Kier alpha value is -0.617. The van der Waals surface area contributed by atoms with Gasteiger partial charge in [0.15, 0.2) is 0 Å². The molecule has 96 valence electrons. The van der Waals surface area contributed by atoms with Gasteiger partial charge in [-0.3, -0.25) is 0 Å². The predicted molar refractivity (Wildman–Crippen MR) is 72.4 cm³/mol. The van der Waals surface area contributed by atoms with Gasteiger partial charge in [-0.1, -0.05) is 0 Å². The number of hydrogen-bond acceptors (Lipinski definition) is 0. The molecule has 0 unspecified atom stereocenters. The fourth-order valence-corrected chi connectivity index (χ4v) is 3.93. The molecule has 0 amide bonds. The van der Waals surface area contributed by atoms with Crippen molar-refractivity contribution in [2.45, 2.75) is 41.5 Å². The molecular weight excluding hydrogens is 295 g/mol. The first-order chi connectivity index (χ1) is 7.84. The minimum absolute atomic E-state index is 0.162. The summed E-state index contributed by atoms with van der Waals surface area (Å²) in [4.78, 5) is 0. The predicted octanol–water partition coefficient (Wildman–Crippen LogP) is 3.53. The molecule has 1 heterocycles. The fourth-order valence-electron chi connectivity index (χ4n) is 1.83. The third kappa shape index (κ3) is 3.42. The van der Waals surface area contributed by atoms with Gasteiger partial charge in [0, 0.05) is 0 Å². The van der Waals surface area contributed by atoms with Crippen LogP contribution in [0.1, 0.15) is 37.6 Å². The second kappa shape index (κ2) is 5.82. The van der Waals surface area contributed by atoms with Gasteiger partial charge in [-0.15, -0.1) is 0 Å². The van der Waals surface area contributed by atoms with E-state index in [1.54, 1.807) is 0 Å². The number of hydrogen-bond donors (Lipinski definition) is 0. The molecule has 1 nitrogen and oxygen atoms in total. The first-order valence-corrected chi connectivity index (χ1v) is 7.76. The van der Waals surface area contributed by atoms with Gasteiger partial charge in [0.05, 0.1) is 0 Å². The molecule has 0 N–H and O–H groups in total. The maximum atomic E-state index is 2.40. The monoisotopic (exact) mass is 319 g/mol. The molecule has 0 saturated carbocycles. The summed E-state index contributed by atoms with van der Waals surface area (Å²) >= 11 is 0.162. The van der Waals surface area contributed by atoms with E-state index in [1.807, 2.05) is 0 Å². The molecule has 0 aliphatic rings. The Balaban J connectivity index is 2.98. The summed E-state index contributed by atoms with van der Waals surface area (Å²) in [6, 6.07) is 0. The molecular formula is C15H23NRu. The Kier molecular flexibility index (Phi) is 4.95. The standard InChI is InChI=1S/C8H12N.C7H11.Ru/c1-6-5-9(4)8(3)7(6)2;1-6(2)5-7(3)4;/h1-4H3;1,5H,2-4H3;. The normalized spacial score (nSPS) is 12.1. The fraction of sp³-hybridized carbons (Fsp3) is 0.467. The van der Waals surface area contributed by atoms with Crippen LogP contribution in [0.2, 0.25) is 0 Å². The van der Waals surface area contributed by atoms with Crippen molar-refractivity contribution in [3.05, 3.63) is 38.7 Å². The Morgan fingerprint density at radius 1 is 1.06 bits per heavy atom. The number of aromatic nitrogens is 1. The van der Waals surface area contributed by atoms with E-state index >= 15 is 0 Å². The van der Waals surface area contributed by atoms with Crippen LogP contribution in [0.5, 0.6) is 0 Å². The molecule has 0 bridgehead atoms. The van der Waals surface area contributed by atoms with Gasteiger partial charge in [0.2, 0.25) is 0 Å². The Bertz CT molecular complexity index is 446. The van der Waals surface area contributed by atoms with E-state index in [0.717, 1.165) is 0 Å². The molecule has 0 aromatic carbocycles. The van der Waals surface area contributed by atoms with Crippen molar-refractivity contribution in [1.29, 1.82) is 0 Å². The van der Waals surface area contributed by atoms with Gasteiger partial charge >= 0.3 is 113 Å². The van der Waals surface area contributed by atoms with Crippen LogP contribution in [-0.2, 0) is 24.2 Å². The second-order valence-corrected chi connectivity index (χ2v) is 6.67. The van der Waals surface area contributed by atoms with Crippen LogP contribution in [0.4, 0.5) is 0 Å². The van der Waals surface area contributed by atoms with E-state index in [9.17, 15) is 0 Å². The number of rotatable bonds is 3. The molecule has 2 heteroatoms. The van der Waals surface area contributed by atoms with E-state index in [4.69, 9.17) is 0 Å². The van der Waals surface area contributed by atoms with Crippen molar-refractivity contribution < 1.29 is 17.1 Å². The first kappa shape index (κ1) is 14.4. The quantitative estimate of drug-likeness (QED) is 0.593. The molecule has 17 heavy (non-hydrogen) atoms. The molecule has 0 atom stereocenters. The molecule has 0 aliphatic carbocycles. The third-order valence-corrected chi connectivity index (χ3v) is 5.77. The van der Waals surface area contributed by atoms with Crippen molar-refractivity contribution in [1.82, 2.24) is 4.57 Å². The van der Waals surface area contributed by atoms with Gasteiger partial charge in [0.1, 0.15) is 0 Å². The molecule has 0 aliphatic heterocycles. The summed E-state index contributed by atoms with van der Waals surface area (Å²) in [5.74, 6) is 0. The SMILES string of the molecule is CC(C)=C/C(C)=[CH]\[Ru][c]1c(C)c(C)c(C)n1C. The van der Waals surface area contributed by atoms with E-state index < -0.39 is 0 Å². The van der Waals surface area contributed by atoms with E-state index in [-0.39, 0.29) is 17.1 Å². The second-order valence-electron chi connectivity index (χ2n) is 4.84. The van der Waals surface area contributed by atoms with Gasteiger partial charge in [-0.05, 0) is 0 Å². The molecule has 1 aromatic rings. The van der Waals surface area contributed by atoms with Gasteiger partial charge in [-0.25, -0.2) is 0 Å². The Labute approximate surface area is 113 Å². The van der Waals surface area contributed by atoms with Crippen LogP contribution in [0, 0.1) is 20.8 Å². The summed E-state index contributed by atoms with van der Waals surface area (Å²) in [6.45, 7) is 13.2. The van der Waals surface area contributed by atoms with Crippen LogP contribution in [0.15, 0.2) is 21.9 Å². The first-order valence-electron chi connectivity index (χ1n) is 5.89. The van der Waals surface area contributed by atoms with Crippen LogP contribution < -0.4 is 4.29 Å². The molecule has 1 rings (SSSR count). The molecule has 1 aromatic heterocycles. The van der Waals surface area contributed by atoms with Crippen molar-refractivity contribution in [3.63, 3.8) is 0 Å². The van der Waals surface area contributed by atoms with Crippen molar-refractivity contribution in [2.75, 3.05) is 0 Å². The summed E-state index contributed by atoms with van der Waals surface area (Å²) in [5.41, 5.74) is 7.09. The van der Waals surface area contributed by atoms with E-state index in [1.165, 1.54) is 32.3 Å². The van der Waals surface area contributed by atoms with Crippen LogP contribution >= 0.6 is 0 Å². The maximum absolute atomic E-state index is 2.40. The summed E-state index contributed by atoms with van der Waals surface area (Å²) in [6.07, 6.45) is 2.26. The zero-order valence-corrected chi connectivity index (χ0v) is 13.7. The average molecular weight is 318 g/mol. The summed E-state index contributed by atoms with van der Waals surface area (Å²) in [7, 11) is 2.18. The van der Waals surface area contributed by atoms with Gasteiger partial charge < -0.3 is 0 Å². The molecule has 0 radical (unpaired) electrons. The number of nitrogens with zero attached hydrogens (tertiary/aromatic N) is 1. The van der Waals surface area contributed by atoms with Crippen LogP contribution in [-0.4, -0.2) is 4.57 Å². The minimum atomic E-state index is 0.162. The van der Waals surface area contributed by atoms with Crippen LogP contribution in [0.3, 0.4) is 0 Å². The van der Waals surface area contributed by atoms with Crippen molar-refractivity contribution in [2.24, 2.45) is 7.05 Å². The zero-order valence-electron chi connectivity index (χ0n) is 12.0. The van der Waals surface area contributed by atoms with Crippen molar-refractivity contribution in [3.8, 4) is 0 Å².